The second-order valence-corrected chi connectivity index (χ2v) is 4.13. The number of hydrogen-bond donors (Lipinski definition) is 2. The van der Waals surface area contributed by atoms with Gasteiger partial charge in [0.15, 0.2) is 5.96 Å². The van der Waals surface area contributed by atoms with Crippen molar-refractivity contribution in [3.05, 3.63) is 30.1 Å². The van der Waals surface area contributed by atoms with E-state index in [0.29, 0.717) is 26.4 Å². The highest BCUT2D eigenvalue weighted by Crippen LogP contribution is 1.91. The maximum Gasteiger partial charge on any atom is 0.191 e. The molecule has 0 unspecified atom stereocenters. The zero-order valence-corrected chi connectivity index (χ0v) is 12.3. The molecule has 0 radical (unpaired) electrons. The van der Waals surface area contributed by atoms with Crippen LogP contribution in [0, 0.1) is 0 Å². The first-order valence-electron chi connectivity index (χ1n) is 6.78. The minimum absolute atomic E-state index is 0.640. The van der Waals surface area contributed by atoms with Gasteiger partial charge >= 0.3 is 0 Å². The first kappa shape index (κ1) is 16.4. The standard InChI is InChI=1S/C14H24N4O2/c1-15-14(17-8-5-9-20-11-10-19-2)18-12-13-6-3-4-7-16-13/h3-4,6-7H,5,8-12H2,1-2H3,(H2,15,17,18). The lowest BCUT2D eigenvalue weighted by molar-refractivity contribution is 0.0698. The van der Waals surface area contributed by atoms with Crippen LogP contribution in [0.25, 0.3) is 0 Å². The van der Waals surface area contributed by atoms with Crippen LogP contribution in [0.3, 0.4) is 0 Å². The van der Waals surface area contributed by atoms with E-state index in [0.717, 1.165) is 24.6 Å². The third-order valence-electron chi connectivity index (χ3n) is 2.58. The number of aromatic nitrogens is 1. The number of aliphatic imine (C=N–C) groups is 1. The molecule has 1 heterocycles. The summed E-state index contributed by atoms with van der Waals surface area (Å²) in [6.07, 6.45) is 2.71. The summed E-state index contributed by atoms with van der Waals surface area (Å²) < 4.78 is 10.3. The summed E-state index contributed by atoms with van der Waals surface area (Å²) in [6.45, 7) is 3.47. The highest BCUT2D eigenvalue weighted by Gasteiger charge is 1.98. The molecule has 0 aromatic carbocycles. The molecule has 0 spiro atoms. The van der Waals surface area contributed by atoms with Gasteiger partial charge in [0.2, 0.25) is 0 Å². The van der Waals surface area contributed by atoms with Crippen molar-refractivity contribution in [2.75, 3.05) is 40.5 Å². The SMILES string of the molecule is CN=C(NCCCOCCOC)NCc1ccccn1. The smallest absolute Gasteiger partial charge is 0.191 e. The van der Waals surface area contributed by atoms with Crippen molar-refractivity contribution in [2.45, 2.75) is 13.0 Å². The molecule has 6 heteroatoms. The molecule has 1 rings (SSSR count). The van der Waals surface area contributed by atoms with Gasteiger partial charge in [0.1, 0.15) is 0 Å². The molecule has 0 saturated carbocycles. The summed E-state index contributed by atoms with van der Waals surface area (Å²) in [6, 6.07) is 5.85. The van der Waals surface area contributed by atoms with Crippen LogP contribution in [0.1, 0.15) is 12.1 Å². The predicted octanol–water partition coefficient (Wildman–Crippen LogP) is 0.800. The first-order valence-corrected chi connectivity index (χ1v) is 6.78. The molecule has 0 amide bonds. The average Bonchev–Trinajstić information content (AvgIpc) is 2.50. The van der Waals surface area contributed by atoms with Crippen LogP contribution in [-0.2, 0) is 16.0 Å². The molecule has 0 aliphatic carbocycles. The maximum atomic E-state index is 5.38. The van der Waals surface area contributed by atoms with Crippen LogP contribution >= 0.6 is 0 Å². The lowest BCUT2D eigenvalue weighted by Gasteiger charge is -2.11. The van der Waals surface area contributed by atoms with Gasteiger partial charge in [-0.2, -0.15) is 0 Å². The van der Waals surface area contributed by atoms with Gasteiger partial charge in [0.25, 0.3) is 0 Å². The van der Waals surface area contributed by atoms with E-state index in [9.17, 15) is 0 Å². The Labute approximate surface area is 120 Å². The molecule has 1 aromatic rings. The quantitative estimate of drug-likeness (QED) is 0.398. The minimum Gasteiger partial charge on any atom is -0.382 e. The van der Waals surface area contributed by atoms with E-state index < -0.39 is 0 Å². The highest BCUT2D eigenvalue weighted by molar-refractivity contribution is 5.79. The van der Waals surface area contributed by atoms with Crippen molar-refractivity contribution >= 4 is 5.96 Å². The predicted molar refractivity (Wildman–Crippen MR) is 79.8 cm³/mol. The topological polar surface area (TPSA) is 67.8 Å². The average molecular weight is 280 g/mol. The normalized spacial score (nSPS) is 11.4. The number of guanidine groups is 1. The molecule has 0 aliphatic heterocycles. The van der Waals surface area contributed by atoms with E-state index in [2.05, 4.69) is 20.6 Å². The van der Waals surface area contributed by atoms with E-state index in [1.807, 2.05) is 18.2 Å². The van der Waals surface area contributed by atoms with Crippen molar-refractivity contribution < 1.29 is 9.47 Å². The molecule has 0 atom stereocenters. The molecule has 0 fully saturated rings. The molecule has 6 nitrogen and oxygen atoms in total. The van der Waals surface area contributed by atoms with Gasteiger partial charge in [0, 0.05) is 33.5 Å². The number of methoxy groups -OCH3 is 1. The largest absolute Gasteiger partial charge is 0.382 e. The molecule has 0 saturated heterocycles. The first-order chi connectivity index (χ1) is 9.86. The van der Waals surface area contributed by atoms with Gasteiger partial charge in [-0.1, -0.05) is 6.07 Å². The Kier molecular flexibility index (Phi) is 9.17. The van der Waals surface area contributed by atoms with E-state index in [-0.39, 0.29) is 0 Å². The van der Waals surface area contributed by atoms with Crippen LogP contribution < -0.4 is 10.6 Å². The van der Waals surface area contributed by atoms with Crippen LogP contribution in [0.2, 0.25) is 0 Å². The number of nitrogens with one attached hydrogen (secondary N) is 2. The number of hydrogen-bond acceptors (Lipinski definition) is 4. The Morgan fingerprint density at radius 3 is 2.85 bits per heavy atom. The summed E-state index contributed by atoms with van der Waals surface area (Å²) >= 11 is 0. The lowest BCUT2D eigenvalue weighted by atomic mass is 10.3. The molecule has 2 N–H and O–H groups in total. The fourth-order valence-corrected chi connectivity index (χ4v) is 1.52. The summed E-state index contributed by atoms with van der Waals surface area (Å²) in [4.78, 5) is 8.40. The van der Waals surface area contributed by atoms with Gasteiger partial charge in [-0.15, -0.1) is 0 Å². The third-order valence-corrected chi connectivity index (χ3v) is 2.58. The van der Waals surface area contributed by atoms with Crippen LogP contribution in [0.5, 0.6) is 0 Å². The fourth-order valence-electron chi connectivity index (χ4n) is 1.52. The van der Waals surface area contributed by atoms with Crippen molar-refractivity contribution in [1.82, 2.24) is 15.6 Å². The van der Waals surface area contributed by atoms with Crippen molar-refractivity contribution in [3.8, 4) is 0 Å². The summed E-state index contributed by atoms with van der Waals surface area (Å²) in [5.41, 5.74) is 0.985. The Morgan fingerprint density at radius 2 is 2.15 bits per heavy atom. The Bertz CT molecular complexity index is 371. The molecule has 112 valence electrons. The number of ether oxygens (including phenoxy) is 2. The van der Waals surface area contributed by atoms with Gasteiger partial charge < -0.3 is 20.1 Å². The summed E-state index contributed by atoms with van der Waals surface area (Å²) in [5.74, 6) is 0.771. The molecule has 0 bridgehead atoms. The molecule has 1 aromatic heterocycles. The molecule has 0 aliphatic rings. The Hall–Kier alpha value is -1.66. The Balaban J connectivity index is 2.08. The number of pyridine rings is 1. The van der Waals surface area contributed by atoms with E-state index >= 15 is 0 Å². The Morgan fingerprint density at radius 1 is 1.25 bits per heavy atom. The highest BCUT2D eigenvalue weighted by atomic mass is 16.5. The van der Waals surface area contributed by atoms with Gasteiger partial charge in [0.05, 0.1) is 25.5 Å². The number of nitrogens with zero attached hydrogens (tertiary/aromatic N) is 2. The molecular weight excluding hydrogens is 256 g/mol. The zero-order valence-electron chi connectivity index (χ0n) is 12.3. The van der Waals surface area contributed by atoms with Gasteiger partial charge in [-0.05, 0) is 18.6 Å². The van der Waals surface area contributed by atoms with E-state index in [1.165, 1.54) is 0 Å². The van der Waals surface area contributed by atoms with Gasteiger partial charge in [-0.25, -0.2) is 0 Å². The second kappa shape index (κ2) is 11.2. The van der Waals surface area contributed by atoms with Gasteiger partial charge in [-0.3, -0.25) is 9.98 Å². The van der Waals surface area contributed by atoms with Crippen LogP contribution in [-0.4, -0.2) is 51.5 Å². The van der Waals surface area contributed by atoms with Crippen molar-refractivity contribution in [1.29, 1.82) is 0 Å². The third kappa shape index (κ3) is 7.70. The minimum atomic E-state index is 0.640. The van der Waals surface area contributed by atoms with Crippen molar-refractivity contribution in [3.63, 3.8) is 0 Å². The monoisotopic (exact) mass is 280 g/mol. The second-order valence-electron chi connectivity index (χ2n) is 4.13. The molecular formula is C14H24N4O2. The fraction of sp³-hybridized carbons (Fsp3) is 0.571. The van der Waals surface area contributed by atoms with Crippen LogP contribution in [0.4, 0.5) is 0 Å². The lowest BCUT2D eigenvalue weighted by Crippen LogP contribution is -2.37. The number of rotatable bonds is 9. The van der Waals surface area contributed by atoms with E-state index in [4.69, 9.17) is 9.47 Å². The van der Waals surface area contributed by atoms with Crippen molar-refractivity contribution in [2.24, 2.45) is 4.99 Å². The molecule has 20 heavy (non-hydrogen) atoms. The van der Waals surface area contributed by atoms with E-state index in [1.54, 1.807) is 20.4 Å². The summed E-state index contributed by atoms with van der Waals surface area (Å²) in [5, 5.41) is 6.44. The maximum absolute atomic E-state index is 5.38. The zero-order chi connectivity index (χ0) is 14.5. The summed E-state index contributed by atoms with van der Waals surface area (Å²) in [7, 11) is 3.42. The van der Waals surface area contributed by atoms with Crippen LogP contribution in [0.15, 0.2) is 29.4 Å².